The Morgan fingerprint density at radius 3 is 2.90 bits per heavy atom. The summed E-state index contributed by atoms with van der Waals surface area (Å²) in [6.45, 7) is 4.80. The number of aromatic amines is 1. The molecule has 2 heterocycles. The Morgan fingerprint density at radius 1 is 1.45 bits per heavy atom. The van der Waals surface area contributed by atoms with Crippen LogP contribution in [0.2, 0.25) is 0 Å². The molecule has 1 amide bonds. The molecular weight excluding hydrogens is 254 g/mol. The maximum atomic E-state index is 12.2. The Hall–Kier alpha value is -2.30. The Balaban J connectivity index is 1.65. The van der Waals surface area contributed by atoms with Gasteiger partial charge in [0.05, 0.1) is 18.3 Å². The van der Waals surface area contributed by atoms with Gasteiger partial charge in [0.1, 0.15) is 6.61 Å². The molecule has 20 heavy (non-hydrogen) atoms. The van der Waals surface area contributed by atoms with E-state index in [4.69, 9.17) is 4.74 Å². The molecule has 1 atom stereocenters. The van der Waals surface area contributed by atoms with E-state index in [1.165, 1.54) is 0 Å². The highest BCUT2D eigenvalue weighted by Gasteiger charge is 2.34. The highest BCUT2D eigenvalue weighted by atomic mass is 16.6. The van der Waals surface area contributed by atoms with Crippen molar-refractivity contribution in [3.05, 3.63) is 52.8 Å². The lowest BCUT2D eigenvalue weighted by Gasteiger charge is -2.21. The number of rotatable bonds is 2. The third kappa shape index (κ3) is 2.15. The van der Waals surface area contributed by atoms with Gasteiger partial charge in [0, 0.05) is 11.3 Å². The molecule has 0 saturated heterocycles. The van der Waals surface area contributed by atoms with Crippen LogP contribution in [0.1, 0.15) is 35.5 Å². The van der Waals surface area contributed by atoms with E-state index in [1.54, 1.807) is 4.90 Å². The van der Waals surface area contributed by atoms with Gasteiger partial charge >= 0.3 is 6.09 Å². The monoisotopic (exact) mass is 271 g/mol. The molecular formula is C15H17N3O2. The van der Waals surface area contributed by atoms with Gasteiger partial charge in [0.15, 0.2) is 0 Å². The van der Waals surface area contributed by atoms with Crippen molar-refractivity contribution in [1.29, 1.82) is 0 Å². The maximum absolute atomic E-state index is 12.2. The van der Waals surface area contributed by atoms with E-state index in [9.17, 15) is 4.79 Å². The lowest BCUT2D eigenvalue weighted by molar-refractivity contribution is 0.0852. The van der Waals surface area contributed by atoms with Gasteiger partial charge in [-0.15, -0.1) is 0 Å². The fraction of sp³-hybridized carbons (Fsp3) is 0.333. The average Bonchev–Trinajstić information content (AvgIpc) is 2.99. The van der Waals surface area contributed by atoms with Crippen LogP contribution in [0.15, 0.2) is 30.3 Å². The predicted molar refractivity (Wildman–Crippen MR) is 73.9 cm³/mol. The van der Waals surface area contributed by atoms with Crippen molar-refractivity contribution in [2.75, 3.05) is 0 Å². The first-order chi connectivity index (χ1) is 9.66. The molecule has 2 aromatic rings. The Labute approximate surface area is 117 Å². The van der Waals surface area contributed by atoms with Crippen LogP contribution >= 0.6 is 0 Å². The topological polar surface area (TPSA) is 58.2 Å². The summed E-state index contributed by atoms with van der Waals surface area (Å²) >= 11 is 0. The predicted octanol–water partition coefficient (Wildman–Crippen LogP) is 2.93. The number of benzene rings is 1. The molecule has 1 aromatic heterocycles. The quantitative estimate of drug-likeness (QED) is 0.913. The number of hydrogen-bond donors (Lipinski definition) is 1. The summed E-state index contributed by atoms with van der Waals surface area (Å²) in [6.07, 6.45) is -0.293. The normalized spacial score (nSPS) is 17.1. The zero-order valence-electron chi connectivity index (χ0n) is 11.6. The number of hydrogen-bond acceptors (Lipinski definition) is 3. The number of aromatic nitrogens is 2. The number of fused-ring (bicyclic) bond motifs is 1. The fourth-order valence-electron chi connectivity index (χ4n) is 2.50. The summed E-state index contributed by atoms with van der Waals surface area (Å²) in [5.41, 5.74) is 4.06. The average molecular weight is 271 g/mol. The smallest absolute Gasteiger partial charge is 0.410 e. The first-order valence-electron chi connectivity index (χ1n) is 6.68. The van der Waals surface area contributed by atoms with E-state index in [-0.39, 0.29) is 12.1 Å². The number of ether oxygens (including phenoxy) is 1. The van der Waals surface area contributed by atoms with Gasteiger partial charge in [-0.05, 0) is 19.4 Å². The largest absolute Gasteiger partial charge is 0.445 e. The molecule has 5 heteroatoms. The molecule has 1 aliphatic heterocycles. The SMILES string of the molecule is Cc1[nH]nc2c1CN(C(=O)OCc1ccccc1)C2C. The molecule has 0 bridgehead atoms. The minimum atomic E-state index is -0.293. The highest BCUT2D eigenvalue weighted by Crippen LogP contribution is 2.33. The molecule has 104 valence electrons. The van der Waals surface area contributed by atoms with E-state index in [0.29, 0.717) is 13.2 Å². The number of nitrogens with one attached hydrogen (secondary N) is 1. The molecule has 0 saturated carbocycles. The highest BCUT2D eigenvalue weighted by molar-refractivity contribution is 5.69. The summed E-state index contributed by atoms with van der Waals surface area (Å²) in [6, 6.07) is 9.64. The van der Waals surface area contributed by atoms with Crippen LogP contribution in [0.25, 0.3) is 0 Å². The number of carbonyl (C=O) groups is 1. The van der Waals surface area contributed by atoms with Crippen LogP contribution in [-0.4, -0.2) is 21.2 Å². The Kier molecular flexibility index (Phi) is 3.18. The van der Waals surface area contributed by atoms with Crippen LogP contribution in [0.3, 0.4) is 0 Å². The number of amides is 1. The summed E-state index contributed by atoms with van der Waals surface area (Å²) in [7, 11) is 0. The molecule has 1 aromatic carbocycles. The molecule has 1 unspecified atom stereocenters. The number of H-pyrrole nitrogens is 1. The molecule has 0 fully saturated rings. The second-order valence-corrected chi connectivity index (χ2v) is 5.06. The molecule has 0 aliphatic carbocycles. The third-order valence-corrected chi connectivity index (χ3v) is 3.74. The fourth-order valence-corrected chi connectivity index (χ4v) is 2.50. The van der Waals surface area contributed by atoms with E-state index in [1.807, 2.05) is 44.2 Å². The Morgan fingerprint density at radius 2 is 2.20 bits per heavy atom. The first kappa shape index (κ1) is 12.7. The molecule has 5 nitrogen and oxygen atoms in total. The summed E-state index contributed by atoms with van der Waals surface area (Å²) < 4.78 is 5.37. The first-order valence-corrected chi connectivity index (χ1v) is 6.68. The van der Waals surface area contributed by atoms with Crippen molar-refractivity contribution in [1.82, 2.24) is 15.1 Å². The zero-order chi connectivity index (χ0) is 14.1. The van der Waals surface area contributed by atoms with Crippen LogP contribution in [0.4, 0.5) is 4.79 Å². The van der Waals surface area contributed by atoms with Gasteiger partial charge in [0.2, 0.25) is 0 Å². The molecule has 0 radical (unpaired) electrons. The second-order valence-electron chi connectivity index (χ2n) is 5.06. The minimum Gasteiger partial charge on any atom is -0.445 e. The van der Waals surface area contributed by atoms with Gasteiger partial charge in [-0.2, -0.15) is 5.10 Å². The summed E-state index contributed by atoms with van der Waals surface area (Å²) in [5.74, 6) is 0. The van der Waals surface area contributed by atoms with Gasteiger partial charge in [-0.3, -0.25) is 10.00 Å². The molecule has 0 spiro atoms. The minimum absolute atomic E-state index is 0.0433. The van der Waals surface area contributed by atoms with Gasteiger partial charge in [0.25, 0.3) is 0 Å². The lowest BCUT2D eigenvalue weighted by Crippen LogP contribution is -2.29. The second kappa shape index (κ2) is 5.00. The van der Waals surface area contributed by atoms with Crippen LogP contribution < -0.4 is 0 Å². The number of carbonyl (C=O) groups excluding carboxylic acids is 1. The molecule has 1 N–H and O–H groups in total. The summed E-state index contributed by atoms with van der Waals surface area (Å²) in [5, 5.41) is 7.21. The van der Waals surface area contributed by atoms with Crippen molar-refractivity contribution >= 4 is 6.09 Å². The zero-order valence-corrected chi connectivity index (χ0v) is 11.6. The van der Waals surface area contributed by atoms with E-state index in [2.05, 4.69) is 10.2 Å². The Bertz CT molecular complexity index is 621. The lowest BCUT2D eigenvalue weighted by atomic mass is 10.2. The maximum Gasteiger partial charge on any atom is 0.410 e. The van der Waals surface area contributed by atoms with E-state index >= 15 is 0 Å². The van der Waals surface area contributed by atoms with Crippen molar-refractivity contribution in [2.45, 2.75) is 33.0 Å². The van der Waals surface area contributed by atoms with Crippen molar-refractivity contribution in [3.63, 3.8) is 0 Å². The molecule has 1 aliphatic rings. The van der Waals surface area contributed by atoms with Gasteiger partial charge in [-0.25, -0.2) is 4.79 Å². The summed E-state index contributed by atoms with van der Waals surface area (Å²) in [4.78, 5) is 13.9. The molecule has 3 rings (SSSR count). The standard InChI is InChI=1S/C15H17N3O2/c1-10-13-8-18(11(2)14(13)17-16-10)15(19)20-9-12-6-4-3-5-7-12/h3-7,11H,8-9H2,1-2H3,(H,16,17). The number of nitrogens with zero attached hydrogens (tertiary/aromatic N) is 2. The van der Waals surface area contributed by atoms with Crippen molar-refractivity contribution in [2.24, 2.45) is 0 Å². The van der Waals surface area contributed by atoms with Crippen LogP contribution in [-0.2, 0) is 17.9 Å². The van der Waals surface area contributed by atoms with Crippen LogP contribution in [0.5, 0.6) is 0 Å². The van der Waals surface area contributed by atoms with Crippen molar-refractivity contribution < 1.29 is 9.53 Å². The van der Waals surface area contributed by atoms with Crippen LogP contribution in [0, 0.1) is 6.92 Å². The van der Waals surface area contributed by atoms with E-state index in [0.717, 1.165) is 22.5 Å². The number of aryl methyl sites for hydroxylation is 1. The van der Waals surface area contributed by atoms with E-state index < -0.39 is 0 Å². The van der Waals surface area contributed by atoms with Gasteiger partial charge in [-0.1, -0.05) is 30.3 Å². The van der Waals surface area contributed by atoms with Crippen molar-refractivity contribution in [3.8, 4) is 0 Å². The third-order valence-electron chi connectivity index (χ3n) is 3.74. The van der Waals surface area contributed by atoms with Gasteiger partial charge < -0.3 is 4.74 Å².